The average Bonchev–Trinajstić information content (AvgIpc) is 3.37. The zero-order valence-corrected chi connectivity index (χ0v) is 26.6. The summed E-state index contributed by atoms with van der Waals surface area (Å²) in [5.41, 5.74) is 4.25. The minimum absolute atomic E-state index is 0.218. The van der Waals surface area contributed by atoms with Crippen molar-refractivity contribution < 1.29 is 23.7 Å². The number of likely N-dealkylation sites (N-methyl/N-ethyl adjacent to an activating group) is 1. The van der Waals surface area contributed by atoms with Crippen molar-refractivity contribution in [3.8, 4) is 17.2 Å². The van der Waals surface area contributed by atoms with Gasteiger partial charge in [0.1, 0.15) is 23.5 Å². The van der Waals surface area contributed by atoms with E-state index in [1.54, 1.807) is 6.92 Å². The highest BCUT2D eigenvalue weighted by atomic mass is 16.7. The number of rotatable bonds is 12. The van der Waals surface area contributed by atoms with Gasteiger partial charge in [-0.05, 0) is 89.5 Å². The summed E-state index contributed by atoms with van der Waals surface area (Å²) in [6.45, 7) is 13.3. The van der Waals surface area contributed by atoms with E-state index in [0.29, 0.717) is 12.4 Å². The summed E-state index contributed by atoms with van der Waals surface area (Å²) in [5.74, 6) is 2.36. The number of carbonyl (C=O) groups excluding carboxylic acids is 1. The van der Waals surface area contributed by atoms with Crippen molar-refractivity contribution in [3.05, 3.63) is 65.4 Å². The zero-order chi connectivity index (χ0) is 30.6. The molecule has 42 heavy (non-hydrogen) atoms. The van der Waals surface area contributed by atoms with Gasteiger partial charge in [0.2, 0.25) is 0 Å². The lowest BCUT2D eigenvalue weighted by Gasteiger charge is -2.29. The molecule has 2 aromatic carbocycles. The number of amides is 1. The SMILES string of the molecule is C/C=C/C1CCOc2cc(CCC)cc(OC(C)OC(C)NC(=O)Oc3cccc4[nH]cc(CCN(C)C)c34)c21.CC. The number of aromatic amines is 1. The van der Waals surface area contributed by atoms with Crippen LogP contribution >= 0.6 is 0 Å². The van der Waals surface area contributed by atoms with Crippen LogP contribution in [0.4, 0.5) is 4.79 Å². The Kier molecular flexibility index (Phi) is 12.8. The first-order valence-electron chi connectivity index (χ1n) is 15.3. The third-order valence-corrected chi connectivity index (χ3v) is 6.97. The minimum atomic E-state index is -0.640. The molecule has 230 valence electrons. The number of nitrogens with zero attached hydrogens (tertiary/aromatic N) is 1. The van der Waals surface area contributed by atoms with Gasteiger partial charge in [0.15, 0.2) is 6.29 Å². The zero-order valence-electron chi connectivity index (χ0n) is 26.6. The van der Waals surface area contributed by atoms with E-state index in [4.69, 9.17) is 18.9 Å². The summed E-state index contributed by atoms with van der Waals surface area (Å²) in [7, 11) is 4.08. The van der Waals surface area contributed by atoms with Crippen molar-refractivity contribution >= 4 is 17.0 Å². The molecular formula is C34H49N3O5. The summed E-state index contributed by atoms with van der Waals surface area (Å²) in [6.07, 6.45) is 8.09. The molecule has 3 aromatic rings. The number of benzene rings is 2. The quantitative estimate of drug-likeness (QED) is 0.170. The minimum Gasteiger partial charge on any atom is -0.493 e. The number of fused-ring (bicyclic) bond motifs is 2. The van der Waals surface area contributed by atoms with Crippen molar-refractivity contribution in [2.24, 2.45) is 0 Å². The molecule has 2 N–H and O–H groups in total. The van der Waals surface area contributed by atoms with Gasteiger partial charge in [0, 0.05) is 35.1 Å². The molecule has 0 aliphatic carbocycles. The van der Waals surface area contributed by atoms with E-state index >= 15 is 0 Å². The molecule has 0 bridgehead atoms. The van der Waals surface area contributed by atoms with Gasteiger partial charge in [-0.2, -0.15) is 0 Å². The molecule has 3 atom stereocenters. The second-order valence-electron chi connectivity index (χ2n) is 10.6. The van der Waals surface area contributed by atoms with Crippen LogP contribution in [-0.4, -0.2) is 55.7 Å². The van der Waals surface area contributed by atoms with E-state index in [1.807, 2.05) is 66.2 Å². The van der Waals surface area contributed by atoms with Crippen LogP contribution in [0.3, 0.4) is 0 Å². The maximum absolute atomic E-state index is 12.8. The van der Waals surface area contributed by atoms with Gasteiger partial charge < -0.3 is 28.8 Å². The summed E-state index contributed by atoms with van der Waals surface area (Å²) in [6, 6.07) is 9.87. The normalized spacial score (nSPS) is 15.9. The number of aromatic nitrogens is 1. The first-order chi connectivity index (χ1) is 20.3. The standard InChI is InChI=1S/C32H43N3O5.C2H6/c1-7-10-23-18-28-31(24(11-8-2)15-17-37-28)29(19-23)39-22(4)38-21(3)34-32(36)40-27-13-9-12-26-30(27)25(20-33-26)14-16-35(5)6;1-2/h8-9,11-13,18-22,24,33H,7,10,14-17H2,1-6H3,(H,34,36);1-2H3/b11-8+;. The molecule has 8 nitrogen and oxygen atoms in total. The van der Waals surface area contributed by atoms with Crippen LogP contribution in [0.1, 0.15) is 77.0 Å². The van der Waals surface area contributed by atoms with Gasteiger partial charge in [-0.25, -0.2) is 4.79 Å². The molecule has 3 unspecified atom stereocenters. The van der Waals surface area contributed by atoms with Gasteiger partial charge in [-0.15, -0.1) is 0 Å². The number of hydrogen-bond acceptors (Lipinski definition) is 6. The second kappa shape index (κ2) is 16.2. The molecule has 1 amide bonds. The number of aryl methyl sites for hydroxylation is 1. The summed E-state index contributed by atoms with van der Waals surface area (Å²) in [4.78, 5) is 18.2. The molecule has 0 saturated carbocycles. The first kappa shape index (κ1) is 33.0. The fraction of sp³-hybridized carbons (Fsp3) is 0.500. The van der Waals surface area contributed by atoms with E-state index in [9.17, 15) is 4.79 Å². The molecule has 1 aromatic heterocycles. The van der Waals surface area contributed by atoms with Gasteiger partial charge in [-0.1, -0.05) is 45.4 Å². The number of ether oxygens (including phenoxy) is 4. The topological polar surface area (TPSA) is 85.0 Å². The van der Waals surface area contributed by atoms with E-state index in [2.05, 4.69) is 46.4 Å². The molecule has 1 aliphatic heterocycles. The predicted molar refractivity (Wildman–Crippen MR) is 170 cm³/mol. The average molecular weight is 580 g/mol. The Bertz CT molecular complexity index is 1320. The lowest BCUT2D eigenvalue weighted by atomic mass is 9.90. The number of allylic oxidation sites excluding steroid dienone is 2. The molecule has 1 aliphatic rings. The maximum Gasteiger partial charge on any atom is 0.414 e. The van der Waals surface area contributed by atoms with Gasteiger partial charge >= 0.3 is 6.09 Å². The Hall–Kier alpha value is -3.49. The molecule has 0 radical (unpaired) electrons. The Morgan fingerprint density at radius 2 is 1.98 bits per heavy atom. The van der Waals surface area contributed by atoms with Crippen LogP contribution in [0.25, 0.3) is 10.9 Å². The van der Waals surface area contributed by atoms with Crippen LogP contribution in [0.15, 0.2) is 48.7 Å². The Balaban J connectivity index is 0.00000237. The first-order valence-corrected chi connectivity index (χ1v) is 15.3. The lowest BCUT2D eigenvalue weighted by molar-refractivity contribution is -0.109. The number of H-pyrrole nitrogens is 1. The number of carbonyl (C=O) groups is 1. The third-order valence-electron chi connectivity index (χ3n) is 6.97. The van der Waals surface area contributed by atoms with Gasteiger partial charge in [-0.3, -0.25) is 5.32 Å². The number of nitrogens with one attached hydrogen (secondary N) is 2. The summed E-state index contributed by atoms with van der Waals surface area (Å²) >= 11 is 0. The van der Waals surface area contributed by atoms with E-state index < -0.39 is 18.6 Å². The maximum atomic E-state index is 12.8. The van der Waals surface area contributed by atoms with Crippen LogP contribution < -0.4 is 19.5 Å². The fourth-order valence-corrected chi connectivity index (χ4v) is 5.20. The molecule has 2 heterocycles. The molecule has 8 heteroatoms. The fourth-order valence-electron chi connectivity index (χ4n) is 5.20. The smallest absolute Gasteiger partial charge is 0.414 e. The monoisotopic (exact) mass is 579 g/mol. The van der Waals surface area contributed by atoms with Crippen LogP contribution in [0.2, 0.25) is 0 Å². The largest absolute Gasteiger partial charge is 0.493 e. The molecule has 0 saturated heterocycles. The third kappa shape index (κ3) is 8.76. The molecule has 4 rings (SSSR count). The van der Waals surface area contributed by atoms with Crippen LogP contribution in [0.5, 0.6) is 17.2 Å². The van der Waals surface area contributed by atoms with E-state index in [0.717, 1.165) is 65.8 Å². The van der Waals surface area contributed by atoms with Gasteiger partial charge in [0.05, 0.1) is 6.61 Å². The lowest BCUT2D eigenvalue weighted by Crippen LogP contribution is -2.39. The highest BCUT2D eigenvalue weighted by Gasteiger charge is 2.26. The van der Waals surface area contributed by atoms with Crippen molar-refractivity contribution in [1.29, 1.82) is 0 Å². The summed E-state index contributed by atoms with van der Waals surface area (Å²) in [5, 5.41) is 3.69. The van der Waals surface area contributed by atoms with E-state index in [-0.39, 0.29) is 5.92 Å². The molecular weight excluding hydrogens is 530 g/mol. The summed E-state index contributed by atoms with van der Waals surface area (Å²) < 4.78 is 24.1. The van der Waals surface area contributed by atoms with Crippen molar-refractivity contribution in [1.82, 2.24) is 15.2 Å². The highest BCUT2D eigenvalue weighted by Crippen LogP contribution is 2.42. The Labute approximate surface area is 251 Å². The highest BCUT2D eigenvalue weighted by molar-refractivity contribution is 5.91. The Morgan fingerprint density at radius 1 is 1.19 bits per heavy atom. The van der Waals surface area contributed by atoms with E-state index in [1.165, 1.54) is 5.56 Å². The second-order valence-corrected chi connectivity index (χ2v) is 10.6. The van der Waals surface area contributed by atoms with Crippen LogP contribution in [-0.2, 0) is 17.6 Å². The molecule has 0 spiro atoms. The Morgan fingerprint density at radius 3 is 2.69 bits per heavy atom. The number of hydrogen-bond donors (Lipinski definition) is 2. The van der Waals surface area contributed by atoms with Crippen molar-refractivity contribution in [2.45, 2.75) is 85.7 Å². The predicted octanol–water partition coefficient (Wildman–Crippen LogP) is 7.57. The van der Waals surface area contributed by atoms with Crippen molar-refractivity contribution in [3.63, 3.8) is 0 Å². The van der Waals surface area contributed by atoms with Crippen LogP contribution in [0, 0.1) is 0 Å². The molecule has 0 fully saturated rings. The van der Waals surface area contributed by atoms with Crippen molar-refractivity contribution in [2.75, 3.05) is 27.2 Å². The van der Waals surface area contributed by atoms with Gasteiger partial charge in [0.25, 0.3) is 0 Å².